The molecule has 0 unspecified atom stereocenters. The zero-order valence-corrected chi connectivity index (χ0v) is 25.7. The zero-order valence-electron chi connectivity index (χ0n) is 25.7. The van der Waals surface area contributed by atoms with Gasteiger partial charge in [0.25, 0.3) is 0 Å². The summed E-state index contributed by atoms with van der Waals surface area (Å²) in [5.74, 6) is 0. The van der Waals surface area contributed by atoms with Crippen molar-refractivity contribution >= 4 is 10.9 Å². The molecule has 0 fully saturated rings. The Morgan fingerprint density at radius 2 is 1.61 bits per heavy atom. The summed E-state index contributed by atoms with van der Waals surface area (Å²) < 4.78 is 2.61. The van der Waals surface area contributed by atoms with Gasteiger partial charge in [-0.3, -0.25) is 9.88 Å². The highest BCUT2D eigenvalue weighted by Crippen LogP contribution is 2.33. The fourth-order valence-corrected chi connectivity index (χ4v) is 6.06. The number of unbranched alkanes of at least 4 members (excludes halogenated alkanes) is 1. The highest BCUT2D eigenvalue weighted by molar-refractivity contribution is 5.92. The fourth-order valence-electron chi connectivity index (χ4n) is 6.06. The third-order valence-corrected chi connectivity index (χ3v) is 8.21. The maximum Gasteiger partial charge on any atom is 0.368 e. The summed E-state index contributed by atoms with van der Waals surface area (Å²) in [6, 6.07) is 27.6. The van der Waals surface area contributed by atoms with Crippen molar-refractivity contribution in [1.29, 1.82) is 0 Å². The zero-order chi connectivity index (χ0) is 30.5. The molecule has 0 spiro atoms. The summed E-state index contributed by atoms with van der Waals surface area (Å²) in [6.07, 6.45) is 7.92. The molecule has 0 saturated heterocycles. The highest BCUT2D eigenvalue weighted by atomic mass is 16.2. The van der Waals surface area contributed by atoms with Crippen LogP contribution in [0, 0.1) is 13.8 Å². The average Bonchev–Trinajstić information content (AvgIpc) is 3.57. The van der Waals surface area contributed by atoms with Gasteiger partial charge in [0.1, 0.15) is 0 Å². The standard InChI is InChI=1S/C36H39N7O/c1-26-20-27(2)22-30(21-26)35-32(33-23-31(14-15-34(33)38-35)43-36(44)41(3)39-40-43)16-19-42(25-29-11-5-4-6-12-29)18-8-7-10-28-13-9-17-37-24-28/h4-6,9,11-15,17,20-24,38H,7-8,10,16,18-19,25H2,1-3H3. The van der Waals surface area contributed by atoms with E-state index in [1.54, 1.807) is 7.05 Å². The third kappa shape index (κ3) is 6.71. The molecule has 3 heterocycles. The van der Waals surface area contributed by atoms with Crippen LogP contribution in [0.3, 0.4) is 0 Å². The quantitative estimate of drug-likeness (QED) is 0.173. The maximum atomic E-state index is 12.7. The second-order valence-corrected chi connectivity index (χ2v) is 11.7. The largest absolute Gasteiger partial charge is 0.368 e. The number of pyridine rings is 1. The Kier molecular flexibility index (Phi) is 8.79. The van der Waals surface area contributed by atoms with Gasteiger partial charge in [0, 0.05) is 49.1 Å². The number of rotatable bonds is 12. The van der Waals surface area contributed by atoms with E-state index in [1.165, 1.54) is 42.7 Å². The predicted octanol–water partition coefficient (Wildman–Crippen LogP) is 6.19. The molecule has 0 radical (unpaired) electrons. The molecular weight excluding hydrogens is 546 g/mol. The van der Waals surface area contributed by atoms with Crippen LogP contribution >= 0.6 is 0 Å². The lowest BCUT2D eigenvalue weighted by molar-refractivity contribution is 0.263. The summed E-state index contributed by atoms with van der Waals surface area (Å²) in [4.78, 5) is 23.2. The van der Waals surface area contributed by atoms with Crippen molar-refractivity contribution in [2.75, 3.05) is 13.1 Å². The third-order valence-electron chi connectivity index (χ3n) is 8.21. The Morgan fingerprint density at radius 3 is 2.34 bits per heavy atom. The number of hydrogen-bond donors (Lipinski definition) is 1. The smallest absolute Gasteiger partial charge is 0.354 e. The number of tetrazole rings is 1. The lowest BCUT2D eigenvalue weighted by Crippen LogP contribution is -2.27. The van der Waals surface area contributed by atoms with Crippen LogP contribution in [0.2, 0.25) is 0 Å². The molecular formula is C36H39N7O. The van der Waals surface area contributed by atoms with Crippen molar-refractivity contribution in [2.24, 2.45) is 7.05 Å². The van der Waals surface area contributed by atoms with E-state index >= 15 is 0 Å². The van der Waals surface area contributed by atoms with Crippen molar-refractivity contribution in [3.05, 3.63) is 130 Å². The summed E-state index contributed by atoms with van der Waals surface area (Å²) in [6.45, 7) is 7.10. The molecule has 0 bridgehead atoms. The van der Waals surface area contributed by atoms with Crippen molar-refractivity contribution in [3.8, 4) is 16.9 Å². The van der Waals surface area contributed by atoms with E-state index in [0.29, 0.717) is 5.69 Å². The molecule has 8 heteroatoms. The first-order chi connectivity index (χ1) is 21.4. The Morgan fingerprint density at radius 1 is 0.818 bits per heavy atom. The first-order valence-corrected chi connectivity index (χ1v) is 15.3. The molecule has 0 aliphatic heterocycles. The number of aromatic nitrogens is 6. The molecule has 1 N–H and O–H groups in total. The number of fused-ring (bicyclic) bond motifs is 1. The van der Waals surface area contributed by atoms with E-state index in [9.17, 15) is 4.79 Å². The van der Waals surface area contributed by atoms with Crippen LogP contribution in [0.4, 0.5) is 0 Å². The molecule has 224 valence electrons. The number of hydrogen-bond acceptors (Lipinski definition) is 5. The summed E-state index contributed by atoms with van der Waals surface area (Å²) >= 11 is 0. The average molecular weight is 586 g/mol. The van der Waals surface area contributed by atoms with E-state index in [2.05, 4.69) is 99.8 Å². The first kappa shape index (κ1) is 29.3. The van der Waals surface area contributed by atoms with Gasteiger partial charge in [-0.25, -0.2) is 4.79 Å². The van der Waals surface area contributed by atoms with Crippen LogP contribution in [-0.2, 0) is 26.4 Å². The van der Waals surface area contributed by atoms with Gasteiger partial charge in [0.05, 0.1) is 5.69 Å². The van der Waals surface area contributed by atoms with Gasteiger partial charge >= 0.3 is 5.69 Å². The minimum absolute atomic E-state index is 0.267. The molecule has 44 heavy (non-hydrogen) atoms. The number of benzene rings is 3. The van der Waals surface area contributed by atoms with E-state index < -0.39 is 0 Å². The van der Waals surface area contributed by atoms with Crippen LogP contribution in [0.5, 0.6) is 0 Å². The van der Waals surface area contributed by atoms with Gasteiger partial charge in [-0.05, 0) is 115 Å². The Balaban J connectivity index is 1.31. The molecule has 0 atom stereocenters. The van der Waals surface area contributed by atoms with Crippen LogP contribution in [-0.4, -0.2) is 47.7 Å². The predicted molar refractivity (Wildman–Crippen MR) is 176 cm³/mol. The van der Waals surface area contributed by atoms with Crippen LogP contribution in [0.25, 0.3) is 27.8 Å². The second-order valence-electron chi connectivity index (χ2n) is 11.7. The first-order valence-electron chi connectivity index (χ1n) is 15.3. The Hall–Kier alpha value is -4.82. The van der Waals surface area contributed by atoms with Gasteiger partial charge in [-0.1, -0.05) is 53.6 Å². The second kappa shape index (κ2) is 13.2. The molecule has 8 nitrogen and oxygen atoms in total. The number of aryl methyl sites for hydroxylation is 4. The van der Waals surface area contributed by atoms with Crippen molar-refractivity contribution in [1.82, 2.24) is 34.7 Å². The molecule has 0 aliphatic rings. The highest BCUT2D eigenvalue weighted by Gasteiger charge is 2.18. The summed E-state index contributed by atoms with van der Waals surface area (Å²) in [7, 11) is 1.61. The lowest BCUT2D eigenvalue weighted by atomic mass is 9.99. The van der Waals surface area contributed by atoms with Crippen LogP contribution < -0.4 is 5.69 Å². The normalized spacial score (nSPS) is 11.5. The van der Waals surface area contributed by atoms with Crippen molar-refractivity contribution in [2.45, 2.75) is 46.1 Å². The number of aromatic amines is 1. The van der Waals surface area contributed by atoms with Gasteiger partial charge < -0.3 is 4.98 Å². The molecule has 0 amide bonds. The lowest BCUT2D eigenvalue weighted by Gasteiger charge is -2.23. The van der Waals surface area contributed by atoms with Gasteiger partial charge in [-0.15, -0.1) is 0 Å². The van der Waals surface area contributed by atoms with Gasteiger partial charge in [-0.2, -0.15) is 9.36 Å². The van der Waals surface area contributed by atoms with E-state index in [0.717, 1.165) is 61.9 Å². The van der Waals surface area contributed by atoms with E-state index in [1.807, 2.05) is 30.6 Å². The summed E-state index contributed by atoms with van der Waals surface area (Å²) in [5, 5.41) is 9.11. The molecule has 6 rings (SSSR count). The molecule has 3 aromatic heterocycles. The fraction of sp³-hybridized carbons (Fsp3) is 0.278. The topological polar surface area (TPSA) is 84.6 Å². The van der Waals surface area contributed by atoms with Gasteiger partial charge in [0.2, 0.25) is 0 Å². The summed E-state index contributed by atoms with van der Waals surface area (Å²) in [5.41, 5.74) is 10.1. The maximum absolute atomic E-state index is 12.7. The molecule has 6 aromatic rings. The number of H-pyrrole nitrogens is 1. The minimum Gasteiger partial charge on any atom is -0.354 e. The molecule has 0 saturated carbocycles. The van der Waals surface area contributed by atoms with Crippen molar-refractivity contribution < 1.29 is 0 Å². The van der Waals surface area contributed by atoms with Crippen molar-refractivity contribution in [3.63, 3.8) is 0 Å². The van der Waals surface area contributed by atoms with E-state index in [4.69, 9.17) is 0 Å². The monoisotopic (exact) mass is 585 g/mol. The van der Waals surface area contributed by atoms with Crippen LogP contribution in [0.15, 0.2) is 96.1 Å². The molecule has 3 aromatic carbocycles. The van der Waals surface area contributed by atoms with Crippen LogP contribution in [0.1, 0.15) is 40.7 Å². The SMILES string of the molecule is Cc1cc(C)cc(-c2[nH]c3ccc(-n4nnn(C)c4=O)cc3c2CCN(CCCCc2cccnc2)Cc2ccccc2)c1. The Bertz CT molecular complexity index is 1880. The number of nitrogens with one attached hydrogen (secondary N) is 1. The minimum atomic E-state index is -0.267. The van der Waals surface area contributed by atoms with E-state index in [-0.39, 0.29) is 5.69 Å². The number of nitrogens with zero attached hydrogens (tertiary/aromatic N) is 6. The Labute approximate surface area is 258 Å². The van der Waals surface area contributed by atoms with Gasteiger partial charge in [0.15, 0.2) is 0 Å². The molecule has 0 aliphatic carbocycles.